The van der Waals surface area contributed by atoms with Crippen molar-refractivity contribution < 1.29 is 9.53 Å². The van der Waals surface area contributed by atoms with E-state index < -0.39 is 12.0 Å². The Hall–Kier alpha value is -1.27. The van der Waals surface area contributed by atoms with Gasteiger partial charge in [0.15, 0.2) is 0 Å². The molecule has 0 saturated heterocycles. The van der Waals surface area contributed by atoms with Gasteiger partial charge in [-0.3, -0.25) is 4.79 Å². The molecule has 8 heteroatoms. The maximum Gasteiger partial charge on any atom is 0.323 e. The smallest absolute Gasteiger partial charge is 0.323 e. The summed E-state index contributed by atoms with van der Waals surface area (Å²) in [6.07, 6.45) is 3.93. The largest absolute Gasteiger partial charge is 0.468 e. The third kappa shape index (κ3) is 5.85. The second-order valence-electron chi connectivity index (χ2n) is 4.50. The molecule has 1 heterocycles. The molecular weight excluding hydrogens is 349 g/mol. The molecule has 0 aliphatic heterocycles. The number of rotatable bonds is 5. The highest BCUT2D eigenvalue weighted by Crippen LogP contribution is 2.12. The molecule has 0 bridgehead atoms. The average Bonchev–Trinajstić information content (AvgIpc) is 2.85. The molecular formula is C14H18Cl3N3O2. The van der Waals surface area contributed by atoms with E-state index in [1.807, 2.05) is 35.0 Å². The third-order valence-electron chi connectivity index (χ3n) is 2.87. The fraction of sp³-hybridized carbons (Fsp3) is 0.286. The van der Waals surface area contributed by atoms with Crippen molar-refractivity contribution in [3.8, 4) is 0 Å². The first-order valence-corrected chi connectivity index (χ1v) is 6.55. The maximum absolute atomic E-state index is 11.3. The van der Waals surface area contributed by atoms with E-state index in [0.29, 0.717) is 18.0 Å². The van der Waals surface area contributed by atoms with Gasteiger partial charge in [0.25, 0.3) is 0 Å². The molecule has 0 fully saturated rings. The standard InChI is InChI=1S/C14H16ClN3O2.2ClH/c1-20-14(19)13(16)6-12-8-18(9-17-12)7-10-3-2-4-11(15)5-10;;/h2-5,8-9,13H,6-7,16H2,1H3;2*1H. The van der Waals surface area contributed by atoms with Crippen LogP contribution in [0.25, 0.3) is 0 Å². The molecule has 1 unspecified atom stereocenters. The summed E-state index contributed by atoms with van der Waals surface area (Å²) in [5, 5.41) is 0.704. The number of aromatic nitrogens is 2. The number of hydrogen-bond donors (Lipinski definition) is 1. The van der Waals surface area contributed by atoms with Gasteiger partial charge in [-0.25, -0.2) is 4.98 Å². The van der Waals surface area contributed by atoms with Crippen molar-refractivity contribution in [3.63, 3.8) is 0 Å². The number of methoxy groups -OCH3 is 1. The van der Waals surface area contributed by atoms with E-state index in [1.54, 1.807) is 6.33 Å². The number of hydrogen-bond acceptors (Lipinski definition) is 4. The Kier molecular flexibility index (Phi) is 9.13. The van der Waals surface area contributed by atoms with Crippen LogP contribution in [0.5, 0.6) is 0 Å². The van der Waals surface area contributed by atoms with Crippen LogP contribution in [0.1, 0.15) is 11.3 Å². The Balaban J connectivity index is 0.00000220. The van der Waals surface area contributed by atoms with Crippen molar-refractivity contribution in [3.05, 3.63) is 53.1 Å². The second kappa shape index (κ2) is 9.69. The molecule has 0 amide bonds. The summed E-state index contributed by atoms with van der Waals surface area (Å²) in [5.74, 6) is -0.436. The molecule has 0 aliphatic rings. The molecule has 0 saturated carbocycles. The van der Waals surface area contributed by atoms with Gasteiger partial charge in [-0.05, 0) is 17.7 Å². The van der Waals surface area contributed by atoms with Crippen LogP contribution >= 0.6 is 36.4 Å². The molecule has 1 aromatic carbocycles. The number of nitrogens with zero attached hydrogens (tertiary/aromatic N) is 2. The molecule has 2 aromatic rings. The molecule has 122 valence electrons. The van der Waals surface area contributed by atoms with Gasteiger partial charge >= 0.3 is 5.97 Å². The molecule has 1 atom stereocenters. The zero-order valence-corrected chi connectivity index (χ0v) is 14.3. The number of ether oxygens (including phenoxy) is 1. The van der Waals surface area contributed by atoms with Gasteiger partial charge in [-0.1, -0.05) is 23.7 Å². The number of imidazole rings is 1. The highest BCUT2D eigenvalue weighted by Gasteiger charge is 2.15. The SMILES string of the molecule is COC(=O)C(N)Cc1cn(Cc2cccc(Cl)c2)cn1.Cl.Cl. The molecule has 2 N–H and O–H groups in total. The molecule has 0 spiro atoms. The van der Waals surface area contributed by atoms with E-state index in [4.69, 9.17) is 17.3 Å². The Labute approximate surface area is 146 Å². The van der Waals surface area contributed by atoms with E-state index in [2.05, 4.69) is 9.72 Å². The Morgan fingerprint density at radius 3 is 2.82 bits per heavy atom. The topological polar surface area (TPSA) is 70.1 Å². The maximum atomic E-state index is 11.3. The number of carbonyl (C=O) groups excluding carboxylic acids is 1. The number of halogens is 3. The van der Waals surface area contributed by atoms with E-state index >= 15 is 0 Å². The van der Waals surface area contributed by atoms with E-state index in [-0.39, 0.29) is 24.8 Å². The van der Waals surface area contributed by atoms with Gasteiger partial charge in [0.1, 0.15) is 6.04 Å². The van der Waals surface area contributed by atoms with Crippen LogP contribution in [-0.2, 0) is 22.5 Å². The minimum atomic E-state index is -0.686. The van der Waals surface area contributed by atoms with Crippen LogP contribution in [0.3, 0.4) is 0 Å². The lowest BCUT2D eigenvalue weighted by Gasteiger charge is -2.06. The van der Waals surface area contributed by atoms with Crippen molar-refractivity contribution in [2.45, 2.75) is 19.0 Å². The summed E-state index contributed by atoms with van der Waals surface area (Å²) >= 11 is 5.94. The van der Waals surface area contributed by atoms with Crippen molar-refractivity contribution in [2.75, 3.05) is 7.11 Å². The number of benzene rings is 1. The Morgan fingerprint density at radius 1 is 1.45 bits per heavy atom. The summed E-state index contributed by atoms with van der Waals surface area (Å²) < 4.78 is 6.51. The van der Waals surface area contributed by atoms with Crippen molar-refractivity contribution in [2.24, 2.45) is 5.73 Å². The lowest BCUT2D eigenvalue weighted by molar-refractivity contribution is -0.142. The summed E-state index contributed by atoms with van der Waals surface area (Å²) in [5.41, 5.74) is 7.54. The predicted octanol–water partition coefficient (Wildman–Crippen LogP) is 2.47. The number of esters is 1. The van der Waals surface area contributed by atoms with Crippen molar-refractivity contribution >= 4 is 42.4 Å². The van der Waals surface area contributed by atoms with Gasteiger partial charge in [0, 0.05) is 24.2 Å². The van der Waals surface area contributed by atoms with Crippen LogP contribution in [-0.4, -0.2) is 28.7 Å². The fourth-order valence-corrected chi connectivity index (χ4v) is 2.12. The van der Waals surface area contributed by atoms with E-state index in [9.17, 15) is 4.79 Å². The molecule has 1 aromatic heterocycles. The molecule has 0 aliphatic carbocycles. The zero-order chi connectivity index (χ0) is 14.5. The highest BCUT2D eigenvalue weighted by atomic mass is 35.5. The van der Waals surface area contributed by atoms with Crippen molar-refractivity contribution in [1.82, 2.24) is 9.55 Å². The first kappa shape index (κ1) is 20.7. The molecule has 0 radical (unpaired) electrons. The van der Waals surface area contributed by atoms with Gasteiger partial charge < -0.3 is 15.0 Å². The molecule has 2 rings (SSSR count). The molecule has 22 heavy (non-hydrogen) atoms. The lowest BCUT2D eigenvalue weighted by Crippen LogP contribution is -2.33. The normalized spacial score (nSPS) is 11.0. The highest BCUT2D eigenvalue weighted by molar-refractivity contribution is 6.30. The summed E-state index contributed by atoms with van der Waals surface area (Å²) in [6, 6.07) is 6.95. The van der Waals surface area contributed by atoms with Gasteiger partial charge in [0.2, 0.25) is 0 Å². The first-order chi connectivity index (χ1) is 9.58. The Bertz CT molecular complexity index is 605. The van der Waals surface area contributed by atoms with Gasteiger partial charge in [0.05, 0.1) is 19.1 Å². The minimum Gasteiger partial charge on any atom is -0.468 e. The zero-order valence-electron chi connectivity index (χ0n) is 11.9. The number of carbonyl (C=O) groups is 1. The van der Waals surface area contributed by atoms with Crippen LogP contribution < -0.4 is 5.73 Å². The summed E-state index contributed by atoms with van der Waals surface area (Å²) in [7, 11) is 1.32. The Morgan fingerprint density at radius 2 is 2.18 bits per heavy atom. The van der Waals surface area contributed by atoms with Crippen LogP contribution in [0.4, 0.5) is 0 Å². The lowest BCUT2D eigenvalue weighted by atomic mass is 10.2. The van der Waals surface area contributed by atoms with Gasteiger partial charge in [-0.15, -0.1) is 24.8 Å². The van der Waals surface area contributed by atoms with Crippen LogP contribution in [0, 0.1) is 0 Å². The van der Waals surface area contributed by atoms with E-state index in [1.165, 1.54) is 7.11 Å². The quantitative estimate of drug-likeness (QED) is 0.825. The number of nitrogens with two attached hydrogens (primary N) is 1. The van der Waals surface area contributed by atoms with Crippen LogP contribution in [0.15, 0.2) is 36.8 Å². The van der Waals surface area contributed by atoms with E-state index in [0.717, 1.165) is 11.3 Å². The van der Waals surface area contributed by atoms with Crippen molar-refractivity contribution in [1.29, 1.82) is 0 Å². The average molecular weight is 367 g/mol. The molecule has 5 nitrogen and oxygen atoms in total. The second-order valence-corrected chi connectivity index (χ2v) is 4.94. The van der Waals surface area contributed by atoms with Gasteiger partial charge in [-0.2, -0.15) is 0 Å². The third-order valence-corrected chi connectivity index (χ3v) is 3.11. The van der Waals surface area contributed by atoms with Crippen LogP contribution in [0.2, 0.25) is 5.02 Å². The minimum absolute atomic E-state index is 0. The fourth-order valence-electron chi connectivity index (χ4n) is 1.90. The first-order valence-electron chi connectivity index (χ1n) is 6.17. The predicted molar refractivity (Wildman–Crippen MR) is 91.0 cm³/mol. The monoisotopic (exact) mass is 365 g/mol. The summed E-state index contributed by atoms with van der Waals surface area (Å²) in [6.45, 7) is 0.668. The summed E-state index contributed by atoms with van der Waals surface area (Å²) in [4.78, 5) is 15.5.